The van der Waals surface area contributed by atoms with Crippen LogP contribution in [0.5, 0.6) is 0 Å². The molecule has 1 aliphatic heterocycles. The van der Waals surface area contributed by atoms with E-state index in [-0.39, 0.29) is 12.2 Å². The van der Waals surface area contributed by atoms with Crippen LogP contribution in [0.2, 0.25) is 5.02 Å². The molecule has 0 spiro atoms. The molecule has 25 heavy (non-hydrogen) atoms. The van der Waals surface area contributed by atoms with Crippen molar-refractivity contribution < 1.29 is 14.4 Å². The van der Waals surface area contributed by atoms with Crippen LogP contribution in [0, 0.1) is 0 Å². The number of ether oxygens (including phenoxy) is 1. The third-order valence-corrected chi connectivity index (χ3v) is 4.20. The molecule has 130 valence electrons. The van der Waals surface area contributed by atoms with Crippen LogP contribution >= 0.6 is 11.6 Å². The molecule has 1 N–H and O–H groups in total. The number of halogens is 1. The molecule has 1 aliphatic rings. The molecule has 3 rings (SSSR count). The second-order valence-corrected chi connectivity index (χ2v) is 6.28. The molecule has 1 amide bonds. The molecule has 0 saturated carbocycles. The standard InChI is InChI=1S/C20H20ClNO3/c21-18-11-9-17(10-12-18)16-7-4-15(5-8-16)6-13-19(23)22-25-20-3-1-2-14-24-20/h4-13,20H,1-3,14H2,(H,22,23)/b13-6+. The summed E-state index contributed by atoms with van der Waals surface area (Å²) in [6, 6.07) is 15.6. The van der Waals surface area contributed by atoms with Crippen LogP contribution < -0.4 is 5.48 Å². The summed E-state index contributed by atoms with van der Waals surface area (Å²) in [7, 11) is 0. The van der Waals surface area contributed by atoms with E-state index in [0.29, 0.717) is 6.61 Å². The van der Waals surface area contributed by atoms with Crippen molar-refractivity contribution in [2.45, 2.75) is 25.6 Å². The first kappa shape index (κ1) is 17.7. The number of hydrogen-bond acceptors (Lipinski definition) is 3. The summed E-state index contributed by atoms with van der Waals surface area (Å²) in [6.07, 6.45) is 5.74. The number of nitrogens with one attached hydrogen (secondary N) is 1. The Labute approximate surface area is 152 Å². The Morgan fingerprint density at radius 1 is 1.08 bits per heavy atom. The van der Waals surface area contributed by atoms with Crippen molar-refractivity contribution in [2.24, 2.45) is 0 Å². The van der Waals surface area contributed by atoms with Gasteiger partial charge in [0.25, 0.3) is 5.91 Å². The maximum atomic E-state index is 11.8. The highest BCUT2D eigenvalue weighted by molar-refractivity contribution is 6.30. The number of rotatable bonds is 5. The van der Waals surface area contributed by atoms with E-state index in [2.05, 4.69) is 5.48 Å². The Hall–Kier alpha value is -2.14. The molecule has 2 aromatic carbocycles. The van der Waals surface area contributed by atoms with Crippen molar-refractivity contribution in [1.82, 2.24) is 5.48 Å². The van der Waals surface area contributed by atoms with Crippen molar-refractivity contribution >= 4 is 23.6 Å². The monoisotopic (exact) mass is 357 g/mol. The highest BCUT2D eigenvalue weighted by Crippen LogP contribution is 2.22. The minimum absolute atomic E-state index is 0.309. The van der Waals surface area contributed by atoms with Crippen molar-refractivity contribution in [3.05, 3.63) is 65.2 Å². The number of carbonyl (C=O) groups is 1. The average Bonchev–Trinajstić information content (AvgIpc) is 2.67. The first-order valence-electron chi connectivity index (χ1n) is 8.32. The van der Waals surface area contributed by atoms with E-state index in [4.69, 9.17) is 21.2 Å². The van der Waals surface area contributed by atoms with Gasteiger partial charge in [-0.15, -0.1) is 0 Å². The minimum Gasteiger partial charge on any atom is -0.350 e. The minimum atomic E-state index is -0.343. The zero-order chi connectivity index (χ0) is 17.5. The van der Waals surface area contributed by atoms with E-state index < -0.39 is 0 Å². The third kappa shape index (κ3) is 5.43. The number of amides is 1. The molecule has 1 saturated heterocycles. The Morgan fingerprint density at radius 3 is 2.40 bits per heavy atom. The normalized spacial score (nSPS) is 17.6. The lowest BCUT2D eigenvalue weighted by molar-refractivity contribution is -0.198. The highest BCUT2D eigenvalue weighted by Gasteiger charge is 2.14. The average molecular weight is 358 g/mol. The van der Waals surface area contributed by atoms with Crippen molar-refractivity contribution in [3.63, 3.8) is 0 Å². The first-order valence-corrected chi connectivity index (χ1v) is 8.70. The van der Waals surface area contributed by atoms with E-state index >= 15 is 0 Å². The first-order chi connectivity index (χ1) is 12.2. The van der Waals surface area contributed by atoms with Gasteiger partial charge in [0.1, 0.15) is 0 Å². The van der Waals surface area contributed by atoms with Crippen LogP contribution in [0.15, 0.2) is 54.6 Å². The van der Waals surface area contributed by atoms with Gasteiger partial charge in [0.15, 0.2) is 6.29 Å². The largest absolute Gasteiger partial charge is 0.350 e. The molecule has 0 bridgehead atoms. The van der Waals surface area contributed by atoms with Crippen LogP contribution in [-0.2, 0) is 14.4 Å². The zero-order valence-electron chi connectivity index (χ0n) is 13.8. The molecule has 4 nitrogen and oxygen atoms in total. The van der Waals surface area contributed by atoms with Crippen LogP contribution in [0.3, 0.4) is 0 Å². The summed E-state index contributed by atoms with van der Waals surface area (Å²) >= 11 is 5.91. The number of benzene rings is 2. The van der Waals surface area contributed by atoms with Crippen LogP contribution in [0.1, 0.15) is 24.8 Å². The predicted molar refractivity (Wildman–Crippen MR) is 98.7 cm³/mol. The SMILES string of the molecule is O=C(/C=C/c1ccc(-c2ccc(Cl)cc2)cc1)NOC1CCCCO1. The topological polar surface area (TPSA) is 47.6 Å². The van der Waals surface area contributed by atoms with Crippen LogP contribution in [0.4, 0.5) is 0 Å². The fourth-order valence-corrected chi connectivity index (χ4v) is 2.69. The Balaban J connectivity index is 1.52. The van der Waals surface area contributed by atoms with Crippen molar-refractivity contribution in [1.29, 1.82) is 0 Å². The van der Waals surface area contributed by atoms with Gasteiger partial charge in [0.05, 0.1) is 0 Å². The number of carbonyl (C=O) groups excluding carboxylic acids is 1. The fourth-order valence-electron chi connectivity index (χ4n) is 2.56. The van der Waals surface area contributed by atoms with Gasteiger partial charge in [-0.25, -0.2) is 10.3 Å². The summed E-state index contributed by atoms with van der Waals surface area (Å²) in [5.74, 6) is -0.309. The zero-order valence-corrected chi connectivity index (χ0v) is 14.5. The van der Waals surface area contributed by atoms with E-state index in [1.165, 1.54) is 6.08 Å². The van der Waals surface area contributed by atoms with E-state index in [0.717, 1.165) is 41.0 Å². The summed E-state index contributed by atoms with van der Waals surface area (Å²) in [4.78, 5) is 17.0. The molecule has 1 atom stereocenters. The highest BCUT2D eigenvalue weighted by atomic mass is 35.5. The van der Waals surface area contributed by atoms with Crippen LogP contribution in [-0.4, -0.2) is 18.8 Å². The fraction of sp³-hybridized carbons (Fsp3) is 0.250. The smallest absolute Gasteiger partial charge is 0.267 e. The van der Waals surface area contributed by atoms with Gasteiger partial charge < -0.3 is 4.74 Å². The van der Waals surface area contributed by atoms with Gasteiger partial charge in [-0.05, 0) is 47.7 Å². The van der Waals surface area contributed by atoms with Gasteiger partial charge >= 0.3 is 0 Å². The molecular formula is C20H20ClNO3. The maximum Gasteiger partial charge on any atom is 0.267 e. The summed E-state index contributed by atoms with van der Waals surface area (Å²) < 4.78 is 5.38. The molecule has 0 radical (unpaired) electrons. The molecule has 1 unspecified atom stereocenters. The van der Waals surface area contributed by atoms with E-state index in [1.807, 2.05) is 48.5 Å². The molecule has 5 heteroatoms. The van der Waals surface area contributed by atoms with Crippen LogP contribution in [0.25, 0.3) is 17.2 Å². The van der Waals surface area contributed by atoms with Gasteiger partial charge in [-0.3, -0.25) is 4.79 Å². The van der Waals surface area contributed by atoms with Crippen molar-refractivity contribution in [2.75, 3.05) is 6.61 Å². The van der Waals surface area contributed by atoms with E-state index in [9.17, 15) is 4.79 Å². The lowest BCUT2D eigenvalue weighted by atomic mass is 10.0. The molecule has 2 aromatic rings. The molecule has 0 aromatic heterocycles. The molecule has 0 aliphatic carbocycles. The summed E-state index contributed by atoms with van der Waals surface area (Å²) in [5, 5.41) is 0.718. The number of hydroxylamine groups is 1. The van der Waals surface area contributed by atoms with Gasteiger partial charge in [0, 0.05) is 24.1 Å². The van der Waals surface area contributed by atoms with Crippen molar-refractivity contribution in [3.8, 4) is 11.1 Å². The lowest BCUT2D eigenvalue weighted by Crippen LogP contribution is -2.32. The second-order valence-electron chi connectivity index (χ2n) is 5.84. The molecular weight excluding hydrogens is 338 g/mol. The quantitative estimate of drug-likeness (QED) is 0.628. The predicted octanol–water partition coefficient (Wildman–Crippen LogP) is 4.59. The summed E-state index contributed by atoms with van der Waals surface area (Å²) in [5.41, 5.74) is 5.52. The number of hydrogen-bond donors (Lipinski definition) is 1. The van der Waals surface area contributed by atoms with Gasteiger partial charge in [-0.2, -0.15) is 0 Å². The Kier molecular flexibility index (Phi) is 6.23. The molecule has 1 heterocycles. The molecule has 1 fully saturated rings. The third-order valence-electron chi connectivity index (χ3n) is 3.94. The lowest BCUT2D eigenvalue weighted by Gasteiger charge is -2.21. The maximum absolute atomic E-state index is 11.8. The second kappa shape index (κ2) is 8.81. The Bertz CT molecular complexity index is 720. The Morgan fingerprint density at radius 2 is 1.76 bits per heavy atom. The van der Waals surface area contributed by atoms with Gasteiger partial charge in [0.2, 0.25) is 0 Å². The van der Waals surface area contributed by atoms with Gasteiger partial charge in [-0.1, -0.05) is 48.0 Å². The van der Waals surface area contributed by atoms with E-state index in [1.54, 1.807) is 6.08 Å². The summed E-state index contributed by atoms with van der Waals surface area (Å²) in [6.45, 7) is 0.677.